The van der Waals surface area contributed by atoms with Crippen molar-refractivity contribution in [2.24, 2.45) is 0 Å². The molecule has 3 N–H and O–H groups in total. The van der Waals surface area contributed by atoms with Crippen LogP contribution >= 0.6 is 0 Å². The smallest absolute Gasteiger partial charge is 0.414 e. The number of rotatable bonds is 7. The predicted molar refractivity (Wildman–Crippen MR) is 124 cm³/mol. The second kappa shape index (κ2) is 10.6. The molecule has 0 spiro atoms. The van der Waals surface area contributed by atoms with E-state index in [1.165, 1.54) is 0 Å². The van der Waals surface area contributed by atoms with Crippen LogP contribution in [0, 0.1) is 0 Å². The fourth-order valence-electron chi connectivity index (χ4n) is 4.54. The highest BCUT2D eigenvalue weighted by molar-refractivity contribution is 5.88. The van der Waals surface area contributed by atoms with E-state index in [9.17, 15) is 9.90 Å². The number of amides is 1. The Morgan fingerprint density at radius 2 is 1.78 bits per heavy atom. The van der Waals surface area contributed by atoms with Crippen molar-refractivity contribution in [3.63, 3.8) is 0 Å². The molecular formula is C24H36N4O4. The lowest BCUT2D eigenvalue weighted by molar-refractivity contribution is 0.0739. The Bertz CT molecular complexity index is 883. The van der Waals surface area contributed by atoms with Crippen LogP contribution in [0.25, 0.3) is 10.9 Å². The lowest BCUT2D eigenvalue weighted by Gasteiger charge is -2.35. The minimum atomic E-state index is -0.423. The molecule has 1 aromatic heterocycles. The molecule has 1 aromatic carbocycles. The number of likely N-dealkylation sites (tertiary alicyclic amines) is 2. The molecule has 32 heavy (non-hydrogen) atoms. The van der Waals surface area contributed by atoms with Crippen LogP contribution in [-0.2, 0) is 0 Å². The Hall–Kier alpha value is -2.29. The Kier molecular flexibility index (Phi) is 7.55. The number of benzene rings is 1. The minimum Gasteiger partial charge on any atom is -0.490 e. The van der Waals surface area contributed by atoms with Crippen molar-refractivity contribution in [2.45, 2.75) is 57.8 Å². The molecule has 0 aliphatic carbocycles. The molecule has 0 radical (unpaired) electrons. The average Bonchev–Trinajstić information content (AvgIpc) is 3.17. The van der Waals surface area contributed by atoms with Gasteiger partial charge in [0, 0.05) is 56.8 Å². The maximum absolute atomic E-state index is 12.4. The number of hydrogen-bond acceptors (Lipinski definition) is 6. The molecule has 8 heteroatoms. The third-order valence-corrected chi connectivity index (χ3v) is 6.36. The summed E-state index contributed by atoms with van der Waals surface area (Å²) < 4.78 is 11.4. The van der Waals surface area contributed by atoms with E-state index in [4.69, 9.17) is 9.47 Å². The number of aromatic amines is 1. The Morgan fingerprint density at radius 3 is 2.44 bits per heavy atom. The molecule has 4 rings (SSSR count). The van der Waals surface area contributed by atoms with E-state index in [0.717, 1.165) is 81.6 Å². The van der Waals surface area contributed by atoms with Gasteiger partial charge in [-0.3, -0.25) is 0 Å². The third kappa shape index (κ3) is 6.15. The van der Waals surface area contributed by atoms with E-state index in [1.54, 1.807) is 0 Å². The van der Waals surface area contributed by atoms with E-state index in [0.29, 0.717) is 5.88 Å². The quantitative estimate of drug-likeness (QED) is 0.608. The van der Waals surface area contributed by atoms with Crippen LogP contribution < -0.4 is 14.8 Å². The summed E-state index contributed by atoms with van der Waals surface area (Å²) in [5, 5.41) is 13.5. The van der Waals surface area contributed by atoms with Crippen molar-refractivity contribution in [3.8, 4) is 11.6 Å². The van der Waals surface area contributed by atoms with Gasteiger partial charge in [-0.05, 0) is 51.7 Å². The van der Waals surface area contributed by atoms with Crippen molar-refractivity contribution in [3.05, 3.63) is 24.3 Å². The van der Waals surface area contributed by atoms with Crippen molar-refractivity contribution >= 4 is 17.0 Å². The van der Waals surface area contributed by atoms with Gasteiger partial charge in [0.15, 0.2) is 0 Å². The summed E-state index contributed by atoms with van der Waals surface area (Å²) in [6.45, 7) is 10.0. The van der Waals surface area contributed by atoms with Crippen LogP contribution in [0.3, 0.4) is 0 Å². The van der Waals surface area contributed by atoms with E-state index in [-0.39, 0.29) is 18.2 Å². The normalized spacial score (nSPS) is 19.5. The van der Waals surface area contributed by atoms with Gasteiger partial charge in [-0.25, -0.2) is 4.79 Å². The summed E-state index contributed by atoms with van der Waals surface area (Å²) in [5.41, 5.74) is 0.877. The molecule has 176 valence electrons. The summed E-state index contributed by atoms with van der Waals surface area (Å²) in [4.78, 5) is 20.5. The van der Waals surface area contributed by atoms with Crippen LogP contribution in [0.1, 0.15) is 39.5 Å². The Morgan fingerprint density at radius 1 is 1.12 bits per heavy atom. The molecule has 0 saturated carbocycles. The molecule has 0 bridgehead atoms. The number of piperidine rings is 2. The number of hydrogen-bond donors (Lipinski definition) is 3. The van der Waals surface area contributed by atoms with Gasteiger partial charge in [0.25, 0.3) is 0 Å². The van der Waals surface area contributed by atoms with E-state index in [1.807, 2.05) is 38.1 Å². The molecule has 0 unspecified atom stereocenters. The molecule has 0 atom stereocenters. The lowest BCUT2D eigenvalue weighted by Crippen LogP contribution is -2.47. The highest BCUT2D eigenvalue weighted by Crippen LogP contribution is 2.30. The van der Waals surface area contributed by atoms with Crippen LogP contribution in [0.2, 0.25) is 0 Å². The average molecular weight is 445 g/mol. The highest BCUT2D eigenvalue weighted by Gasteiger charge is 2.23. The summed E-state index contributed by atoms with van der Waals surface area (Å²) in [7, 11) is 0. The highest BCUT2D eigenvalue weighted by atomic mass is 16.6. The van der Waals surface area contributed by atoms with E-state index in [2.05, 4.69) is 20.1 Å². The Balaban J connectivity index is 1.21. The minimum absolute atomic E-state index is 0.0711. The SMILES string of the molecule is CC(C)Oc1cccc2[nH]c(OC(=O)NC3CCN(CCN4CCC(O)CC4)CC3)cc12. The van der Waals surface area contributed by atoms with Gasteiger partial charge in [0.1, 0.15) is 5.75 Å². The van der Waals surface area contributed by atoms with Crippen LogP contribution in [0.4, 0.5) is 4.79 Å². The number of aromatic nitrogens is 1. The number of aliphatic hydroxyl groups excluding tert-OH is 1. The lowest BCUT2D eigenvalue weighted by atomic mass is 10.1. The van der Waals surface area contributed by atoms with Gasteiger partial charge in [-0.1, -0.05) is 6.07 Å². The summed E-state index contributed by atoms with van der Waals surface area (Å²) in [5.74, 6) is 1.19. The largest absolute Gasteiger partial charge is 0.490 e. The fourth-order valence-corrected chi connectivity index (χ4v) is 4.54. The van der Waals surface area contributed by atoms with Crippen molar-refractivity contribution in [2.75, 3.05) is 39.3 Å². The number of nitrogens with zero attached hydrogens (tertiary/aromatic N) is 2. The fraction of sp³-hybridized carbons (Fsp3) is 0.625. The number of ether oxygens (including phenoxy) is 2. The topological polar surface area (TPSA) is 90.1 Å². The molecule has 2 fully saturated rings. The van der Waals surface area contributed by atoms with Crippen molar-refractivity contribution < 1.29 is 19.4 Å². The summed E-state index contributed by atoms with van der Waals surface area (Å²) in [6.07, 6.45) is 3.15. The third-order valence-electron chi connectivity index (χ3n) is 6.36. The first-order valence-electron chi connectivity index (χ1n) is 11.9. The maximum Gasteiger partial charge on any atom is 0.414 e. The monoisotopic (exact) mass is 444 g/mol. The molecule has 3 heterocycles. The van der Waals surface area contributed by atoms with Gasteiger partial charge < -0.3 is 34.7 Å². The number of nitrogens with one attached hydrogen (secondary N) is 2. The van der Waals surface area contributed by atoms with Crippen molar-refractivity contribution in [1.29, 1.82) is 0 Å². The molecule has 2 aromatic rings. The summed E-state index contributed by atoms with van der Waals surface area (Å²) in [6, 6.07) is 7.72. The zero-order chi connectivity index (χ0) is 22.5. The molecule has 2 saturated heterocycles. The first-order chi connectivity index (χ1) is 15.5. The van der Waals surface area contributed by atoms with Gasteiger partial charge >= 0.3 is 6.09 Å². The molecule has 8 nitrogen and oxygen atoms in total. The van der Waals surface area contributed by atoms with Gasteiger partial charge in [0.2, 0.25) is 5.88 Å². The number of H-pyrrole nitrogens is 1. The number of aliphatic hydroxyl groups is 1. The van der Waals surface area contributed by atoms with Gasteiger partial charge in [-0.2, -0.15) is 0 Å². The molecule has 2 aliphatic heterocycles. The number of fused-ring (bicyclic) bond motifs is 1. The van der Waals surface area contributed by atoms with E-state index >= 15 is 0 Å². The van der Waals surface area contributed by atoms with Crippen LogP contribution in [0.15, 0.2) is 24.3 Å². The Labute approximate surface area is 189 Å². The van der Waals surface area contributed by atoms with E-state index < -0.39 is 6.09 Å². The molecule has 2 aliphatic rings. The first kappa shape index (κ1) is 22.9. The standard InChI is InChI=1S/C24H36N4O4/c1-17(2)31-22-5-3-4-21-20(22)16-23(26-21)32-24(30)25-18-6-10-27(11-7-18)14-15-28-12-8-19(29)9-13-28/h3-5,16-19,26,29H,6-15H2,1-2H3,(H,25,30). The maximum atomic E-state index is 12.4. The molecule has 1 amide bonds. The van der Waals surface area contributed by atoms with Crippen LogP contribution in [-0.4, -0.2) is 83.5 Å². The van der Waals surface area contributed by atoms with Gasteiger partial charge in [-0.15, -0.1) is 0 Å². The van der Waals surface area contributed by atoms with Gasteiger partial charge in [0.05, 0.1) is 17.7 Å². The molecular weight excluding hydrogens is 408 g/mol. The summed E-state index contributed by atoms with van der Waals surface area (Å²) >= 11 is 0. The van der Waals surface area contributed by atoms with Crippen LogP contribution in [0.5, 0.6) is 11.6 Å². The first-order valence-corrected chi connectivity index (χ1v) is 11.9. The van der Waals surface area contributed by atoms with Crippen molar-refractivity contribution in [1.82, 2.24) is 20.1 Å². The number of carbonyl (C=O) groups excluding carboxylic acids is 1. The zero-order valence-corrected chi connectivity index (χ0v) is 19.2. The second-order valence-electron chi connectivity index (χ2n) is 9.24. The second-order valence-corrected chi connectivity index (χ2v) is 9.24. The predicted octanol–water partition coefficient (Wildman–Crippen LogP) is 2.96. The number of carbonyl (C=O) groups is 1. The zero-order valence-electron chi connectivity index (χ0n) is 19.2.